The molecule has 0 aromatic carbocycles. The van der Waals surface area contributed by atoms with Gasteiger partial charge in [0.1, 0.15) is 5.15 Å². The Hall–Kier alpha value is -1.88. The number of halogens is 1. The van der Waals surface area contributed by atoms with Gasteiger partial charge < -0.3 is 5.32 Å². The number of rotatable bonds is 3. The van der Waals surface area contributed by atoms with Crippen LogP contribution in [0.4, 0.5) is 5.69 Å². The number of hydrogen-bond acceptors (Lipinski definition) is 3. The number of amides is 1. The Morgan fingerprint density at radius 2 is 2.21 bits per heavy atom. The highest BCUT2D eigenvalue weighted by molar-refractivity contribution is 6.29. The fourth-order valence-electron chi connectivity index (χ4n) is 1.78. The molecule has 0 saturated heterocycles. The summed E-state index contributed by atoms with van der Waals surface area (Å²) < 4.78 is 1.65. The molecule has 2 heterocycles. The third-order valence-corrected chi connectivity index (χ3v) is 2.93. The van der Waals surface area contributed by atoms with Gasteiger partial charge in [-0.1, -0.05) is 18.5 Å². The van der Waals surface area contributed by atoms with Crippen molar-refractivity contribution in [2.75, 3.05) is 5.32 Å². The first kappa shape index (κ1) is 13.5. The second kappa shape index (κ2) is 5.40. The quantitative estimate of drug-likeness (QED) is 0.878. The van der Waals surface area contributed by atoms with Crippen molar-refractivity contribution >= 4 is 23.2 Å². The van der Waals surface area contributed by atoms with Crippen LogP contribution < -0.4 is 5.32 Å². The van der Waals surface area contributed by atoms with Gasteiger partial charge in [0.15, 0.2) is 0 Å². The Morgan fingerprint density at radius 1 is 1.47 bits per heavy atom. The van der Waals surface area contributed by atoms with E-state index in [0.717, 1.165) is 17.8 Å². The number of carbonyl (C=O) groups excluding carboxylic acids is 1. The molecule has 2 rings (SSSR count). The number of nitrogens with one attached hydrogen (secondary N) is 1. The summed E-state index contributed by atoms with van der Waals surface area (Å²) in [5.41, 5.74) is 2.76. The van der Waals surface area contributed by atoms with Gasteiger partial charge in [-0.25, -0.2) is 4.98 Å². The zero-order valence-electron chi connectivity index (χ0n) is 11.1. The Bertz CT molecular complexity index is 621. The minimum atomic E-state index is -0.213. The Morgan fingerprint density at radius 3 is 2.79 bits per heavy atom. The van der Waals surface area contributed by atoms with E-state index in [1.807, 2.05) is 13.8 Å². The van der Waals surface area contributed by atoms with Gasteiger partial charge in [0.05, 0.1) is 11.4 Å². The molecule has 5 nitrogen and oxygen atoms in total. The van der Waals surface area contributed by atoms with Crippen LogP contribution >= 0.6 is 11.6 Å². The molecule has 0 aliphatic rings. The summed E-state index contributed by atoms with van der Waals surface area (Å²) >= 11 is 5.90. The van der Waals surface area contributed by atoms with Gasteiger partial charge in [0, 0.05) is 24.5 Å². The van der Waals surface area contributed by atoms with Crippen LogP contribution in [0, 0.1) is 6.92 Å². The first-order valence-electron chi connectivity index (χ1n) is 5.97. The molecular formula is C13H15ClN4O. The minimum Gasteiger partial charge on any atom is -0.319 e. The van der Waals surface area contributed by atoms with Crippen LogP contribution in [-0.4, -0.2) is 20.7 Å². The summed E-state index contributed by atoms with van der Waals surface area (Å²) in [7, 11) is 1.81. The molecule has 0 aliphatic heterocycles. The number of hydrogen-bond donors (Lipinski definition) is 1. The molecule has 0 radical (unpaired) electrons. The summed E-state index contributed by atoms with van der Waals surface area (Å²) in [4.78, 5) is 16.3. The number of nitrogens with zero attached hydrogens (tertiary/aromatic N) is 3. The van der Waals surface area contributed by atoms with Crippen LogP contribution in [0.3, 0.4) is 0 Å². The van der Waals surface area contributed by atoms with E-state index in [1.165, 1.54) is 0 Å². The van der Waals surface area contributed by atoms with Crippen LogP contribution in [0.25, 0.3) is 0 Å². The molecule has 0 atom stereocenters. The van der Waals surface area contributed by atoms with Crippen molar-refractivity contribution in [2.24, 2.45) is 7.05 Å². The minimum absolute atomic E-state index is 0.213. The molecule has 2 aromatic heterocycles. The molecule has 0 spiro atoms. The van der Waals surface area contributed by atoms with Crippen molar-refractivity contribution in [2.45, 2.75) is 20.3 Å². The van der Waals surface area contributed by atoms with E-state index in [0.29, 0.717) is 16.4 Å². The molecule has 0 unspecified atom stereocenters. The van der Waals surface area contributed by atoms with Crippen LogP contribution in [-0.2, 0) is 13.5 Å². The monoisotopic (exact) mass is 278 g/mol. The lowest BCUT2D eigenvalue weighted by Gasteiger charge is -2.05. The predicted octanol–water partition coefficient (Wildman–Crippen LogP) is 2.59. The van der Waals surface area contributed by atoms with Crippen molar-refractivity contribution in [1.29, 1.82) is 0 Å². The zero-order valence-corrected chi connectivity index (χ0v) is 11.8. The number of pyridine rings is 1. The van der Waals surface area contributed by atoms with E-state index < -0.39 is 0 Å². The van der Waals surface area contributed by atoms with Crippen LogP contribution in [0.2, 0.25) is 5.15 Å². The third-order valence-electron chi connectivity index (χ3n) is 2.73. The molecule has 0 aliphatic carbocycles. The zero-order chi connectivity index (χ0) is 14.0. The number of carbonyl (C=O) groups is 1. The maximum atomic E-state index is 12.2. The maximum Gasteiger partial charge on any atom is 0.255 e. The van der Waals surface area contributed by atoms with Crippen molar-refractivity contribution in [3.8, 4) is 0 Å². The largest absolute Gasteiger partial charge is 0.319 e. The fraction of sp³-hybridized carbons (Fsp3) is 0.308. The summed E-state index contributed by atoms with van der Waals surface area (Å²) in [6, 6.07) is 3.30. The molecular weight excluding hydrogens is 264 g/mol. The van der Waals surface area contributed by atoms with Crippen molar-refractivity contribution in [3.05, 3.63) is 40.4 Å². The highest BCUT2D eigenvalue weighted by atomic mass is 35.5. The first-order valence-corrected chi connectivity index (χ1v) is 6.35. The van der Waals surface area contributed by atoms with Crippen LogP contribution in [0.15, 0.2) is 18.3 Å². The summed E-state index contributed by atoms with van der Waals surface area (Å²) in [5.74, 6) is -0.213. The normalized spacial score (nSPS) is 10.5. The van der Waals surface area contributed by atoms with E-state index >= 15 is 0 Å². The molecule has 1 amide bonds. The molecule has 0 saturated carbocycles. The van der Waals surface area contributed by atoms with Gasteiger partial charge in [-0.05, 0) is 25.5 Å². The Kier molecular flexibility index (Phi) is 3.85. The van der Waals surface area contributed by atoms with Crippen LogP contribution in [0.1, 0.15) is 28.7 Å². The third kappa shape index (κ3) is 3.12. The van der Waals surface area contributed by atoms with E-state index in [-0.39, 0.29) is 5.91 Å². The standard InChI is InChI=1S/C13H15ClN4O/c1-4-10-5-9(6-12(14)15-10)13(19)16-11-7-18(3)17-8(11)2/h5-7H,4H2,1-3H3,(H,16,19). The van der Waals surface area contributed by atoms with E-state index in [9.17, 15) is 4.79 Å². The summed E-state index contributed by atoms with van der Waals surface area (Å²) in [5, 5.41) is 7.32. The lowest BCUT2D eigenvalue weighted by atomic mass is 10.2. The second-order valence-electron chi connectivity index (χ2n) is 4.28. The number of aromatic nitrogens is 3. The van der Waals surface area contributed by atoms with Crippen molar-refractivity contribution in [3.63, 3.8) is 0 Å². The van der Waals surface area contributed by atoms with Gasteiger partial charge >= 0.3 is 0 Å². The van der Waals surface area contributed by atoms with Crippen molar-refractivity contribution in [1.82, 2.24) is 14.8 Å². The average molecular weight is 279 g/mol. The van der Waals surface area contributed by atoms with Crippen LogP contribution in [0.5, 0.6) is 0 Å². The van der Waals surface area contributed by atoms with Gasteiger partial charge in [-0.2, -0.15) is 5.10 Å². The fourth-order valence-corrected chi connectivity index (χ4v) is 2.01. The average Bonchev–Trinajstić information content (AvgIpc) is 2.67. The molecule has 0 fully saturated rings. The molecule has 0 bridgehead atoms. The highest BCUT2D eigenvalue weighted by Crippen LogP contribution is 2.16. The topological polar surface area (TPSA) is 59.8 Å². The van der Waals surface area contributed by atoms with E-state index in [1.54, 1.807) is 30.1 Å². The SMILES string of the molecule is CCc1cc(C(=O)Nc2cn(C)nc2C)cc(Cl)n1. The Labute approximate surface area is 116 Å². The lowest BCUT2D eigenvalue weighted by molar-refractivity contribution is 0.102. The molecule has 2 aromatic rings. The Balaban J connectivity index is 2.25. The van der Waals surface area contributed by atoms with Crippen molar-refractivity contribution < 1.29 is 4.79 Å². The second-order valence-corrected chi connectivity index (χ2v) is 4.67. The van der Waals surface area contributed by atoms with Gasteiger partial charge in [-0.3, -0.25) is 9.48 Å². The maximum absolute atomic E-state index is 12.2. The van der Waals surface area contributed by atoms with E-state index in [4.69, 9.17) is 11.6 Å². The van der Waals surface area contributed by atoms with Gasteiger partial charge in [0.2, 0.25) is 0 Å². The molecule has 6 heteroatoms. The predicted molar refractivity (Wildman–Crippen MR) is 74.5 cm³/mol. The smallest absolute Gasteiger partial charge is 0.255 e. The summed E-state index contributed by atoms with van der Waals surface area (Å²) in [6.45, 7) is 3.80. The number of aryl methyl sites for hydroxylation is 3. The van der Waals surface area contributed by atoms with Gasteiger partial charge in [0.25, 0.3) is 5.91 Å². The first-order chi connectivity index (χ1) is 8.99. The highest BCUT2D eigenvalue weighted by Gasteiger charge is 2.12. The van der Waals surface area contributed by atoms with E-state index in [2.05, 4.69) is 15.4 Å². The summed E-state index contributed by atoms with van der Waals surface area (Å²) in [6.07, 6.45) is 2.49. The molecule has 100 valence electrons. The molecule has 1 N–H and O–H groups in total. The lowest BCUT2D eigenvalue weighted by Crippen LogP contribution is -2.13. The molecule has 19 heavy (non-hydrogen) atoms. The number of anilines is 1. The van der Waals surface area contributed by atoms with Gasteiger partial charge in [-0.15, -0.1) is 0 Å².